The van der Waals surface area contributed by atoms with Crippen LogP contribution in [-0.4, -0.2) is 48.6 Å². The quantitative estimate of drug-likeness (QED) is 0.389. The van der Waals surface area contributed by atoms with E-state index in [1.54, 1.807) is 11.8 Å². The number of hydrogen-bond acceptors (Lipinski definition) is 7. The van der Waals surface area contributed by atoms with Gasteiger partial charge in [0.05, 0.1) is 24.7 Å². The molecule has 2 aromatic rings. The molecule has 1 aliphatic rings. The first kappa shape index (κ1) is 21.1. The molecule has 0 saturated heterocycles. The Labute approximate surface area is 173 Å². The standard InChI is InChI=1S/C21H22N2O7/c1-3-29-19-10-16(17(23(26)27)11-18(19)28-2)21(25)30-13-20(24)22-9-8-14-6-4-5-7-15(14)12-22/h4-7,10-11H,3,8-9,12-13H2,1-2H3. The van der Waals surface area contributed by atoms with Crippen molar-refractivity contribution >= 4 is 17.6 Å². The van der Waals surface area contributed by atoms with Crippen LogP contribution in [0, 0.1) is 10.1 Å². The van der Waals surface area contributed by atoms with E-state index in [2.05, 4.69) is 0 Å². The number of nitro benzene ring substituents is 1. The van der Waals surface area contributed by atoms with Crippen molar-refractivity contribution in [2.75, 3.05) is 26.9 Å². The summed E-state index contributed by atoms with van der Waals surface area (Å²) in [6.07, 6.45) is 0.720. The molecule has 0 saturated carbocycles. The normalized spacial score (nSPS) is 12.7. The number of rotatable bonds is 7. The minimum Gasteiger partial charge on any atom is -0.493 e. The van der Waals surface area contributed by atoms with Crippen LogP contribution < -0.4 is 9.47 Å². The predicted molar refractivity (Wildman–Crippen MR) is 107 cm³/mol. The summed E-state index contributed by atoms with van der Waals surface area (Å²) in [5.74, 6) is -1.03. The van der Waals surface area contributed by atoms with E-state index in [-0.39, 0.29) is 29.6 Å². The second-order valence-corrected chi connectivity index (χ2v) is 6.62. The van der Waals surface area contributed by atoms with Gasteiger partial charge < -0.3 is 19.1 Å². The Morgan fingerprint density at radius 3 is 2.57 bits per heavy atom. The number of methoxy groups -OCH3 is 1. The molecule has 30 heavy (non-hydrogen) atoms. The van der Waals surface area contributed by atoms with Gasteiger partial charge in [-0.25, -0.2) is 4.79 Å². The Hall–Kier alpha value is -3.62. The third kappa shape index (κ3) is 4.51. The van der Waals surface area contributed by atoms with Crippen molar-refractivity contribution in [2.24, 2.45) is 0 Å². The van der Waals surface area contributed by atoms with E-state index in [0.717, 1.165) is 18.1 Å². The number of fused-ring (bicyclic) bond motifs is 1. The largest absolute Gasteiger partial charge is 0.493 e. The first-order valence-corrected chi connectivity index (χ1v) is 9.45. The fraction of sp³-hybridized carbons (Fsp3) is 0.333. The smallest absolute Gasteiger partial charge is 0.345 e. The van der Waals surface area contributed by atoms with Gasteiger partial charge in [0.1, 0.15) is 5.56 Å². The van der Waals surface area contributed by atoms with E-state index in [0.29, 0.717) is 13.1 Å². The Morgan fingerprint density at radius 1 is 1.17 bits per heavy atom. The zero-order chi connectivity index (χ0) is 21.7. The van der Waals surface area contributed by atoms with Gasteiger partial charge in [0.2, 0.25) is 0 Å². The summed E-state index contributed by atoms with van der Waals surface area (Å²) in [7, 11) is 1.34. The summed E-state index contributed by atoms with van der Waals surface area (Å²) in [4.78, 5) is 37.3. The van der Waals surface area contributed by atoms with Crippen molar-refractivity contribution in [2.45, 2.75) is 19.9 Å². The monoisotopic (exact) mass is 414 g/mol. The number of carbonyl (C=O) groups excluding carboxylic acids is 2. The first-order chi connectivity index (χ1) is 14.4. The van der Waals surface area contributed by atoms with Crippen LogP contribution in [0.4, 0.5) is 5.69 Å². The van der Waals surface area contributed by atoms with Crippen LogP contribution in [0.1, 0.15) is 28.4 Å². The highest BCUT2D eigenvalue weighted by Crippen LogP contribution is 2.35. The molecule has 0 unspecified atom stereocenters. The highest BCUT2D eigenvalue weighted by molar-refractivity contribution is 5.96. The predicted octanol–water partition coefficient (Wildman–Crippen LogP) is 2.74. The number of ether oxygens (including phenoxy) is 3. The molecule has 1 heterocycles. The molecule has 0 atom stereocenters. The lowest BCUT2D eigenvalue weighted by Crippen LogP contribution is -2.38. The summed E-state index contributed by atoms with van der Waals surface area (Å²) in [5, 5.41) is 11.4. The van der Waals surface area contributed by atoms with Gasteiger partial charge in [0, 0.05) is 19.2 Å². The van der Waals surface area contributed by atoms with Crippen molar-refractivity contribution < 1.29 is 28.7 Å². The molecule has 158 valence electrons. The minimum atomic E-state index is -0.976. The molecule has 0 aromatic heterocycles. The SMILES string of the molecule is CCOc1cc(C(=O)OCC(=O)N2CCc3ccccc3C2)c([N+](=O)[O-])cc1OC. The van der Waals surface area contributed by atoms with E-state index in [1.807, 2.05) is 24.3 Å². The molecule has 0 aliphatic carbocycles. The highest BCUT2D eigenvalue weighted by Gasteiger charge is 2.27. The average molecular weight is 414 g/mol. The molecule has 0 N–H and O–H groups in total. The van der Waals surface area contributed by atoms with Crippen LogP contribution in [0.15, 0.2) is 36.4 Å². The minimum absolute atomic E-state index is 0.128. The molecule has 9 heteroatoms. The Kier molecular flexibility index (Phi) is 6.51. The fourth-order valence-corrected chi connectivity index (χ4v) is 3.30. The van der Waals surface area contributed by atoms with Crippen molar-refractivity contribution in [3.05, 3.63) is 63.2 Å². The second kappa shape index (κ2) is 9.25. The molecule has 1 amide bonds. The van der Waals surface area contributed by atoms with Crippen LogP contribution in [-0.2, 0) is 22.5 Å². The van der Waals surface area contributed by atoms with E-state index < -0.39 is 23.2 Å². The number of amides is 1. The van der Waals surface area contributed by atoms with Gasteiger partial charge >= 0.3 is 5.97 Å². The van der Waals surface area contributed by atoms with Crippen LogP contribution >= 0.6 is 0 Å². The molecular formula is C21H22N2O7. The van der Waals surface area contributed by atoms with Crippen LogP contribution in [0.25, 0.3) is 0 Å². The molecule has 0 spiro atoms. The van der Waals surface area contributed by atoms with E-state index in [9.17, 15) is 19.7 Å². The molecule has 9 nitrogen and oxygen atoms in total. The Morgan fingerprint density at radius 2 is 1.90 bits per heavy atom. The van der Waals surface area contributed by atoms with Gasteiger partial charge in [0.15, 0.2) is 18.1 Å². The van der Waals surface area contributed by atoms with Crippen LogP contribution in [0.3, 0.4) is 0 Å². The third-order valence-electron chi connectivity index (χ3n) is 4.81. The van der Waals surface area contributed by atoms with Crippen molar-refractivity contribution in [3.63, 3.8) is 0 Å². The van der Waals surface area contributed by atoms with Gasteiger partial charge in [-0.1, -0.05) is 24.3 Å². The molecule has 0 fully saturated rings. The maximum absolute atomic E-state index is 12.5. The summed E-state index contributed by atoms with van der Waals surface area (Å²) in [6, 6.07) is 10.1. The lowest BCUT2D eigenvalue weighted by atomic mass is 10.00. The average Bonchev–Trinajstić information content (AvgIpc) is 2.76. The van der Waals surface area contributed by atoms with Crippen molar-refractivity contribution in [1.29, 1.82) is 0 Å². The Balaban J connectivity index is 1.72. The van der Waals surface area contributed by atoms with E-state index in [1.165, 1.54) is 18.7 Å². The van der Waals surface area contributed by atoms with Gasteiger partial charge in [-0.2, -0.15) is 0 Å². The van der Waals surface area contributed by atoms with Gasteiger partial charge in [0.25, 0.3) is 11.6 Å². The van der Waals surface area contributed by atoms with Gasteiger partial charge in [-0.15, -0.1) is 0 Å². The molecule has 3 rings (SSSR count). The molecule has 1 aliphatic heterocycles. The number of hydrogen-bond donors (Lipinski definition) is 0. The van der Waals surface area contributed by atoms with Gasteiger partial charge in [-0.05, 0) is 24.5 Å². The maximum Gasteiger partial charge on any atom is 0.345 e. The zero-order valence-corrected chi connectivity index (χ0v) is 16.8. The molecule has 0 bridgehead atoms. The summed E-state index contributed by atoms with van der Waals surface area (Å²) in [5.41, 5.74) is 1.45. The molecule has 0 radical (unpaired) electrons. The van der Waals surface area contributed by atoms with Crippen LogP contribution in [0.5, 0.6) is 11.5 Å². The van der Waals surface area contributed by atoms with Crippen LogP contribution in [0.2, 0.25) is 0 Å². The number of esters is 1. The van der Waals surface area contributed by atoms with E-state index >= 15 is 0 Å². The highest BCUT2D eigenvalue weighted by atomic mass is 16.6. The van der Waals surface area contributed by atoms with Crippen molar-refractivity contribution in [1.82, 2.24) is 4.90 Å². The maximum atomic E-state index is 12.5. The number of nitrogens with zero attached hydrogens (tertiary/aromatic N) is 2. The first-order valence-electron chi connectivity index (χ1n) is 9.45. The number of benzene rings is 2. The lowest BCUT2D eigenvalue weighted by molar-refractivity contribution is -0.385. The van der Waals surface area contributed by atoms with Crippen molar-refractivity contribution in [3.8, 4) is 11.5 Å². The second-order valence-electron chi connectivity index (χ2n) is 6.62. The van der Waals surface area contributed by atoms with Gasteiger partial charge in [-0.3, -0.25) is 14.9 Å². The number of carbonyl (C=O) groups is 2. The molecule has 2 aromatic carbocycles. The number of nitro groups is 1. The third-order valence-corrected chi connectivity index (χ3v) is 4.81. The summed E-state index contributed by atoms with van der Waals surface area (Å²) < 4.78 is 15.6. The fourth-order valence-electron chi connectivity index (χ4n) is 3.30. The molecular weight excluding hydrogens is 392 g/mol. The lowest BCUT2D eigenvalue weighted by Gasteiger charge is -2.28. The summed E-state index contributed by atoms with van der Waals surface area (Å²) >= 11 is 0. The van der Waals surface area contributed by atoms with E-state index in [4.69, 9.17) is 14.2 Å². The zero-order valence-electron chi connectivity index (χ0n) is 16.8. The summed E-state index contributed by atoms with van der Waals surface area (Å²) in [6.45, 7) is 2.45. The topological polar surface area (TPSA) is 108 Å². The Bertz CT molecular complexity index is 974.